The molecule has 5 heteroatoms. The van der Waals surface area contributed by atoms with E-state index in [0.29, 0.717) is 8.95 Å². The Balaban J connectivity index is 3.23. The van der Waals surface area contributed by atoms with E-state index in [0.717, 1.165) is 4.47 Å². The Bertz CT molecular complexity index is 299. The molecule has 0 radical (unpaired) electrons. The SMILES string of the molecule is FC(F)c1cc(Br)c(Br)cc1Br. The van der Waals surface area contributed by atoms with E-state index < -0.39 is 6.43 Å². The van der Waals surface area contributed by atoms with Gasteiger partial charge >= 0.3 is 0 Å². The van der Waals surface area contributed by atoms with Gasteiger partial charge in [0.25, 0.3) is 6.43 Å². The molecule has 0 aliphatic heterocycles. The fourth-order valence-corrected chi connectivity index (χ4v) is 2.23. The molecule has 12 heavy (non-hydrogen) atoms. The molecule has 0 heterocycles. The summed E-state index contributed by atoms with van der Waals surface area (Å²) >= 11 is 9.41. The van der Waals surface area contributed by atoms with Gasteiger partial charge in [-0.2, -0.15) is 0 Å². The topological polar surface area (TPSA) is 0 Å². The van der Waals surface area contributed by atoms with Crippen molar-refractivity contribution >= 4 is 47.8 Å². The van der Waals surface area contributed by atoms with Gasteiger partial charge in [-0.15, -0.1) is 0 Å². The Morgan fingerprint density at radius 1 is 0.917 bits per heavy atom. The number of benzene rings is 1. The van der Waals surface area contributed by atoms with E-state index in [9.17, 15) is 8.78 Å². The number of hydrogen-bond acceptors (Lipinski definition) is 0. The number of hydrogen-bond donors (Lipinski definition) is 0. The van der Waals surface area contributed by atoms with Gasteiger partial charge in [0, 0.05) is 19.0 Å². The highest BCUT2D eigenvalue weighted by atomic mass is 79.9. The van der Waals surface area contributed by atoms with Gasteiger partial charge in [-0.25, -0.2) is 8.78 Å². The summed E-state index contributed by atoms with van der Waals surface area (Å²) in [6, 6.07) is 2.98. The summed E-state index contributed by atoms with van der Waals surface area (Å²) in [6.45, 7) is 0. The number of rotatable bonds is 1. The van der Waals surface area contributed by atoms with E-state index in [4.69, 9.17) is 0 Å². The Morgan fingerprint density at radius 3 is 1.92 bits per heavy atom. The van der Waals surface area contributed by atoms with Crippen molar-refractivity contribution in [1.29, 1.82) is 0 Å². The number of alkyl halides is 2. The molecule has 1 rings (SSSR count). The molecule has 66 valence electrons. The minimum Gasteiger partial charge on any atom is -0.205 e. The summed E-state index contributed by atoms with van der Waals surface area (Å²) in [5.74, 6) is 0. The van der Waals surface area contributed by atoms with Crippen LogP contribution in [0.25, 0.3) is 0 Å². The van der Waals surface area contributed by atoms with E-state index in [2.05, 4.69) is 47.8 Å². The fourth-order valence-electron chi connectivity index (χ4n) is 0.705. The average molecular weight is 365 g/mol. The van der Waals surface area contributed by atoms with E-state index in [1.54, 1.807) is 6.07 Å². The summed E-state index contributed by atoms with van der Waals surface area (Å²) in [5.41, 5.74) is -0.00919. The first-order valence-electron chi connectivity index (χ1n) is 2.95. The molecule has 1 aromatic rings. The van der Waals surface area contributed by atoms with Gasteiger partial charge in [-0.1, -0.05) is 15.9 Å². The summed E-state index contributed by atoms with van der Waals surface area (Å²) < 4.78 is 26.3. The van der Waals surface area contributed by atoms with Gasteiger partial charge in [0.05, 0.1) is 0 Å². The van der Waals surface area contributed by atoms with Crippen molar-refractivity contribution in [2.24, 2.45) is 0 Å². The summed E-state index contributed by atoms with van der Waals surface area (Å²) in [5, 5.41) is 0. The van der Waals surface area contributed by atoms with Crippen LogP contribution in [-0.4, -0.2) is 0 Å². The third kappa shape index (κ3) is 2.26. The average Bonchev–Trinajstić information content (AvgIpc) is 1.96. The molecule has 0 saturated carbocycles. The second-order valence-corrected chi connectivity index (χ2v) is 4.65. The van der Waals surface area contributed by atoms with Crippen LogP contribution in [0.1, 0.15) is 12.0 Å². The smallest absolute Gasteiger partial charge is 0.205 e. The second kappa shape index (κ2) is 4.15. The van der Waals surface area contributed by atoms with Crippen LogP contribution in [0.15, 0.2) is 25.6 Å². The predicted molar refractivity (Wildman–Crippen MR) is 54.5 cm³/mol. The molecule has 0 atom stereocenters. The molecule has 0 aromatic heterocycles. The lowest BCUT2D eigenvalue weighted by Crippen LogP contribution is -1.86. The Kier molecular flexibility index (Phi) is 3.67. The second-order valence-electron chi connectivity index (χ2n) is 2.09. The van der Waals surface area contributed by atoms with Crippen molar-refractivity contribution in [1.82, 2.24) is 0 Å². The Morgan fingerprint density at radius 2 is 1.42 bits per heavy atom. The zero-order valence-corrected chi connectivity index (χ0v) is 10.4. The zero-order valence-electron chi connectivity index (χ0n) is 5.62. The molecular formula is C7H3Br3F2. The van der Waals surface area contributed by atoms with Crippen molar-refractivity contribution < 1.29 is 8.78 Å². The van der Waals surface area contributed by atoms with E-state index >= 15 is 0 Å². The third-order valence-electron chi connectivity index (χ3n) is 1.27. The Labute approximate surface area is 93.7 Å². The highest BCUT2D eigenvalue weighted by Gasteiger charge is 2.13. The zero-order chi connectivity index (χ0) is 9.30. The summed E-state index contributed by atoms with van der Waals surface area (Å²) in [7, 11) is 0. The largest absolute Gasteiger partial charge is 0.264 e. The lowest BCUT2D eigenvalue weighted by Gasteiger charge is -2.04. The normalized spacial score (nSPS) is 10.8. The highest BCUT2D eigenvalue weighted by Crippen LogP contribution is 2.34. The van der Waals surface area contributed by atoms with Crippen molar-refractivity contribution in [3.05, 3.63) is 31.1 Å². The molecule has 0 spiro atoms. The van der Waals surface area contributed by atoms with Crippen molar-refractivity contribution in [3.63, 3.8) is 0 Å². The minimum absolute atomic E-state index is 0.00919. The van der Waals surface area contributed by atoms with Crippen LogP contribution in [0.2, 0.25) is 0 Å². The maximum Gasteiger partial charge on any atom is 0.264 e. The quantitative estimate of drug-likeness (QED) is 0.621. The molecule has 0 fully saturated rings. The molecule has 1 aromatic carbocycles. The minimum atomic E-state index is -2.45. The van der Waals surface area contributed by atoms with Crippen LogP contribution in [0.5, 0.6) is 0 Å². The maximum atomic E-state index is 12.3. The van der Waals surface area contributed by atoms with Gasteiger partial charge < -0.3 is 0 Å². The maximum absolute atomic E-state index is 12.3. The highest BCUT2D eigenvalue weighted by molar-refractivity contribution is 9.13. The predicted octanol–water partition coefficient (Wildman–Crippen LogP) is 4.91. The molecule has 0 aliphatic rings. The van der Waals surface area contributed by atoms with Crippen LogP contribution < -0.4 is 0 Å². The first kappa shape index (κ1) is 10.6. The van der Waals surface area contributed by atoms with E-state index in [1.165, 1.54) is 6.07 Å². The molecule has 0 amide bonds. The summed E-state index contributed by atoms with van der Waals surface area (Å²) in [6.07, 6.45) is -2.45. The van der Waals surface area contributed by atoms with Crippen LogP contribution in [-0.2, 0) is 0 Å². The van der Waals surface area contributed by atoms with Crippen molar-refractivity contribution in [3.8, 4) is 0 Å². The van der Waals surface area contributed by atoms with Crippen molar-refractivity contribution in [2.45, 2.75) is 6.43 Å². The van der Waals surface area contributed by atoms with Gasteiger partial charge in [0.1, 0.15) is 0 Å². The van der Waals surface area contributed by atoms with Crippen LogP contribution in [0.4, 0.5) is 8.78 Å². The molecular weight excluding hydrogens is 362 g/mol. The number of halogens is 5. The fraction of sp³-hybridized carbons (Fsp3) is 0.143. The summed E-state index contributed by atoms with van der Waals surface area (Å²) in [4.78, 5) is 0. The van der Waals surface area contributed by atoms with Gasteiger partial charge in [0.2, 0.25) is 0 Å². The van der Waals surface area contributed by atoms with Crippen LogP contribution >= 0.6 is 47.8 Å². The molecule has 0 nitrogen and oxygen atoms in total. The van der Waals surface area contributed by atoms with E-state index in [-0.39, 0.29) is 5.56 Å². The standard InChI is InChI=1S/C7H3Br3F2/c8-4-2-6(10)5(9)1-3(4)7(11)12/h1-2,7H. The lowest BCUT2D eigenvalue weighted by atomic mass is 10.2. The molecule has 0 aliphatic carbocycles. The third-order valence-corrected chi connectivity index (χ3v) is 3.81. The lowest BCUT2D eigenvalue weighted by molar-refractivity contribution is 0.150. The van der Waals surface area contributed by atoms with Crippen LogP contribution in [0, 0.1) is 0 Å². The molecule has 0 bridgehead atoms. The molecule has 0 N–H and O–H groups in total. The van der Waals surface area contributed by atoms with Gasteiger partial charge in [-0.05, 0) is 44.0 Å². The molecule has 0 unspecified atom stereocenters. The van der Waals surface area contributed by atoms with Gasteiger partial charge in [-0.3, -0.25) is 0 Å². The van der Waals surface area contributed by atoms with Crippen LogP contribution in [0.3, 0.4) is 0 Å². The molecule has 0 saturated heterocycles. The first-order valence-corrected chi connectivity index (χ1v) is 5.33. The monoisotopic (exact) mass is 362 g/mol. The van der Waals surface area contributed by atoms with E-state index in [1.807, 2.05) is 0 Å². The first-order chi connectivity index (χ1) is 5.52. The van der Waals surface area contributed by atoms with Crippen molar-refractivity contribution in [2.75, 3.05) is 0 Å². The van der Waals surface area contributed by atoms with Gasteiger partial charge in [0.15, 0.2) is 0 Å². The Hall–Kier alpha value is 0.520.